The molecule has 1 aromatic carbocycles. The van der Waals surface area contributed by atoms with Crippen molar-refractivity contribution in [2.75, 3.05) is 12.4 Å². The van der Waals surface area contributed by atoms with Gasteiger partial charge in [0.25, 0.3) is 0 Å². The first-order chi connectivity index (χ1) is 16.0. The Bertz CT molecular complexity index is 993. The van der Waals surface area contributed by atoms with Crippen molar-refractivity contribution in [3.63, 3.8) is 0 Å². The molecule has 2 aliphatic rings. The predicted octanol–water partition coefficient (Wildman–Crippen LogP) is 4.63. The van der Waals surface area contributed by atoms with Crippen molar-refractivity contribution >= 4 is 29.1 Å². The Balaban J connectivity index is 1.30. The van der Waals surface area contributed by atoms with Crippen molar-refractivity contribution in [2.24, 2.45) is 11.8 Å². The van der Waals surface area contributed by atoms with Crippen molar-refractivity contribution in [1.82, 2.24) is 20.1 Å². The van der Waals surface area contributed by atoms with Gasteiger partial charge in [-0.15, -0.1) is 10.2 Å². The van der Waals surface area contributed by atoms with Gasteiger partial charge in [0.1, 0.15) is 11.6 Å². The van der Waals surface area contributed by atoms with Crippen LogP contribution < -0.4 is 10.6 Å². The van der Waals surface area contributed by atoms with Crippen molar-refractivity contribution in [1.29, 1.82) is 0 Å². The lowest BCUT2D eigenvalue weighted by molar-refractivity contribution is -0.125. The summed E-state index contributed by atoms with van der Waals surface area (Å²) < 4.78 is 2.29. The average Bonchev–Trinajstić information content (AvgIpc) is 3.58. The summed E-state index contributed by atoms with van der Waals surface area (Å²) in [6.45, 7) is 1.90. The molecule has 0 radical (unpaired) electrons. The zero-order valence-corrected chi connectivity index (χ0v) is 20.3. The van der Waals surface area contributed by atoms with Gasteiger partial charge in [-0.2, -0.15) is 0 Å². The Labute approximate surface area is 200 Å². The number of nitrogens with one attached hydrogen (secondary N) is 2. The van der Waals surface area contributed by atoms with Crippen molar-refractivity contribution in [3.8, 4) is 0 Å². The highest BCUT2D eigenvalue weighted by Gasteiger charge is 2.30. The third kappa shape index (κ3) is 5.94. The number of hydrogen-bond acceptors (Lipinski definition) is 4. The molecule has 2 fully saturated rings. The maximum Gasteiger partial charge on any atom is 0.224 e. The van der Waals surface area contributed by atoms with Gasteiger partial charge in [-0.1, -0.05) is 17.7 Å². The van der Waals surface area contributed by atoms with E-state index in [2.05, 4.69) is 25.4 Å². The molecule has 8 heteroatoms. The Morgan fingerprint density at radius 2 is 1.76 bits per heavy atom. The Morgan fingerprint density at radius 1 is 1.06 bits per heavy atom. The third-order valence-corrected chi connectivity index (χ3v) is 7.52. The summed E-state index contributed by atoms with van der Waals surface area (Å²) in [6, 6.07) is 6.00. The van der Waals surface area contributed by atoms with Crippen LogP contribution in [0, 0.1) is 18.8 Å². The van der Waals surface area contributed by atoms with Crippen molar-refractivity contribution in [2.45, 2.75) is 77.2 Å². The summed E-state index contributed by atoms with van der Waals surface area (Å²) >= 11 is 6.16. The molecule has 2 saturated carbocycles. The highest BCUT2D eigenvalue weighted by atomic mass is 35.5. The first-order valence-electron chi connectivity index (χ1n) is 12.2. The number of carbonyl (C=O) groups is 2. The van der Waals surface area contributed by atoms with Gasteiger partial charge in [0.15, 0.2) is 0 Å². The fourth-order valence-electron chi connectivity index (χ4n) is 4.89. The molecule has 2 amide bonds. The van der Waals surface area contributed by atoms with E-state index in [4.69, 9.17) is 11.6 Å². The highest BCUT2D eigenvalue weighted by molar-refractivity contribution is 6.31. The SMILES string of the molecule is CNC(=O)[C@H]1CC[C@H](CCc2nnc(CCC(=O)Nc3cccc(Cl)c3C)n2C2CC2)CC1. The normalized spacial score (nSPS) is 20.5. The van der Waals surface area contributed by atoms with Gasteiger partial charge >= 0.3 is 0 Å². The van der Waals surface area contributed by atoms with Crippen LogP contribution in [0.3, 0.4) is 0 Å². The summed E-state index contributed by atoms with van der Waals surface area (Å²) in [7, 11) is 1.72. The summed E-state index contributed by atoms with van der Waals surface area (Å²) in [5.74, 6) is 2.92. The Morgan fingerprint density at radius 3 is 2.42 bits per heavy atom. The number of carbonyl (C=O) groups excluding carboxylic acids is 2. The van der Waals surface area contributed by atoms with Crippen LogP contribution in [0.1, 0.15) is 74.6 Å². The number of anilines is 1. The first kappa shape index (κ1) is 23.7. The number of aromatic nitrogens is 3. The molecule has 0 spiro atoms. The van der Waals surface area contributed by atoms with Gasteiger partial charge < -0.3 is 15.2 Å². The van der Waals surface area contributed by atoms with E-state index >= 15 is 0 Å². The highest BCUT2D eigenvalue weighted by Crippen LogP contribution is 2.38. The summed E-state index contributed by atoms with van der Waals surface area (Å²) in [4.78, 5) is 24.4. The van der Waals surface area contributed by atoms with Crippen LogP contribution in [0.5, 0.6) is 0 Å². The molecule has 1 aromatic heterocycles. The van der Waals surface area contributed by atoms with Crippen LogP contribution in [0.4, 0.5) is 5.69 Å². The van der Waals surface area contributed by atoms with E-state index in [9.17, 15) is 9.59 Å². The molecule has 2 aromatic rings. The lowest BCUT2D eigenvalue weighted by atomic mass is 9.79. The molecule has 4 rings (SSSR count). The zero-order chi connectivity index (χ0) is 23.4. The summed E-state index contributed by atoms with van der Waals surface area (Å²) in [5, 5.41) is 15.4. The van der Waals surface area contributed by atoms with Crippen molar-refractivity contribution < 1.29 is 9.59 Å². The van der Waals surface area contributed by atoms with Gasteiger partial charge in [0.05, 0.1) is 0 Å². The number of amides is 2. The molecular weight excluding hydrogens is 438 g/mol. The molecule has 0 unspecified atom stereocenters. The minimum Gasteiger partial charge on any atom is -0.359 e. The molecular formula is C25H34ClN5O2. The fourth-order valence-corrected chi connectivity index (χ4v) is 5.06. The number of hydrogen-bond donors (Lipinski definition) is 2. The van der Waals surface area contributed by atoms with Crippen LogP contribution >= 0.6 is 11.6 Å². The summed E-state index contributed by atoms with van der Waals surface area (Å²) in [5.41, 5.74) is 1.63. The largest absolute Gasteiger partial charge is 0.359 e. The number of benzene rings is 1. The molecule has 178 valence electrons. The van der Waals surface area contributed by atoms with Crippen LogP contribution in [-0.2, 0) is 22.4 Å². The Kier molecular flexibility index (Phi) is 7.68. The van der Waals surface area contributed by atoms with Crippen LogP contribution in [-0.4, -0.2) is 33.6 Å². The fraction of sp³-hybridized carbons (Fsp3) is 0.600. The van der Waals surface area contributed by atoms with Crippen LogP contribution in [0.15, 0.2) is 18.2 Å². The van der Waals surface area contributed by atoms with E-state index in [1.165, 1.54) is 0 Å². The molecule has 0 atom stereocenters. The van der Waals surface area contributed by atoms with Gasteiger partial charge in [-0.3, -0.25) is 9.59 Å². The maximum absolute atomic E-state index is 12.5. The number of nitrogens with zero attached hydrogens (tertiary/aromatic N) is 3. The molecule has 2 N–H and O–H groups in total. The van der Waals surface area contributed by atoms with Gasteiger partial charge in [0, 0.05) is 49.0 Å². The van der Waals surface area contributed by atoms with E-state index in [1.807, 2.05) is 25.1 Å². The van der Waals surface area contributed by atoms with E-state index < -0.39 is 0 Å². The first-order valence-corrected chi connectivity index (χ1v) is 12.5. The van der Waals surface area contributed by atoms with Crippen LogP contribution in [0.2, 0.25) is 5.02 Å². The second-order valence-corrected chi connectivity index (χ2v) is 9.87. The monoisotopic (exact) mass is 471 g/mol. The average molecular weight is 472 g/mol. The molecule has 0 aliphatic heterocycles. The topological polar surface area (TPSA) is 88.9 Å². The second kappa shape index (κ2) is 10.7. The number of aryl methyl sites for hydroxylation is 2. The quantitative estimate of drug-likeness (QED) is 0.558. The minimum atomic E-state index is -0.0415. The van der Waals surface area contributed by atoms with E-state index in [0.29, 0.717) is 29.8 Å². The van der Waals surface area contributed by atoms with Gasteiger partial charge in [-0.25, -0.2) is 0 Å². The predicted molar refractivity (Wildman–Crippen MR) is 129 cm³/mol. The molecule has 7 nitrogen and oxygen atoms in total. The third-order valence-electron chi connectivity index (χ3n) is 7.11. The van der Waals surface area contributed by atoms with Gasteiger partial charge in [0.2, 0.25) is 11.8 Å². The second-order valence-electron chi connectivity index (χ2n) is 9.46. The number of rotatable bonds is 9. The smallest absolute Gasteiger partial charge is 0.224 e. The Hall–Kier alpha value is -2.41. The number of halogens is 1. The van der Waals surface area contributed by atoms with Gasteiger partial charge in [-0.05, 0) is 75.5 Å². The lowest BCUT2D eigenvalue weighted by Gasteiger charge is -2.27. The van der Waals surface area contributed by atoms with E-state index in [0.717, 1.165) is 74.3 Å². The van der Waals surface area contributed by atoms with E-state index in [-0.39, 0.29) is 17.7 Å². The van der Waals surface area contributed by atoms with Crippen molar-refractivity contribution in [3.05, 3.63) is 40.4 Å². The standard InChI is InChI=1S/C25H34ClN5O2/c1-16-20(26)4-3-5-21(16)28-24(32)15-14-23-30-29-22(31(23)19-11-12-19)13-8-17-6-9-18(10-7-17)25(33)27-2/h3-5,17-19H,6-15H2,1-2H3,(H,27,33)(H,28,32)/t17-,18-. The molecule has 0 saturated heterocycles. The molecule has 33 heavy (non-hydrogen) atoms. The molecule has 2 aliphatic carbocycles. The molecule has 0 bridgehead atoms. The maximum atomic E-state index is 12.5. The molecule has 1 heterocycles. The van der Waals surface area contributed by atoms with E-state index in [1.54, 1.807) is 7.05 Å². The summed E-state index contributed by atoms with van der Waals surface area (Å²) in [6.07, 6.45) is 9.40. The minimum absolute atomic E-state index is 0.0415. The zero-order valence-electron chi connectivity index (χ0n) is 19.6. The van der Waals surface area contributed by atoms with Crippen LogP contribution in [0.25, 0.3) is 0 Å². The lowest BCUT2D eigenvalue weighted by Crippen LogP contribution is -2.30.